The lowest BCUT2D eigenvalue weighted by Crippen LogP contribution is -2.12. The van der Waals surface area contributed by atoms with Gasteiger partial charge in [-0.15, -0.1) is 0 Å². The first-order valence-corrected chi connectivity index (χ1v) is 7.54. The monoisotopic (exact) mass is 294 g/mol. The van der Waals surface area contributed by atoms with Crippen molar-refractivity contribution in [3.63, 3.8) is 0 Å². The van der Waals surface area contributed by atoms with E-state index in [0.717, 1.165) is 17.9 Å². The van der Waals surface area contributed by atoms with Crippen molar-refractivity contribution in [2.45, 2.75) is 18.9 Å². The number of aryl methyl sites for hydroxylation is 2. The van der Waals surface area contributed by atoms with Crippen LogP contribution in [0.5, 0.6) is 0 Å². The number of nitrogens with zero attached hydrogens (tertiary/aromatic N) is 2. The maximum absolute atomic E-state index is 6.26. The van der Waals surface area contributed by atoms with Crippen LogP contribution in [0.4, 0.5) is 0 Å². The van der Waals surface area contributed by atoms with Gasteiger partial charge in [0.1, 0.15) is 0 Å². The van der Waals surface area contributed by atoms with Gasteiger partial charge in [0.15, 0.2) is 0 Å². The van der Waals surface area contributed by atoms with Crippen LogP contribution < -0.4 is 0 Å². The Balaban J connectivity index is 2.00. The van der Waals surface area contributed by atoms with Crippen molar-refractivity contribution in [2.24, 2.45) is 0 Å². The highest BCUT2D eigenvalue weighted by Gasteiger charge is 2.24. The Labute approximate surface area is 129 Å². The summed E-state index contributed by atoms with van der Waals surface area (Å²) in [6.45, 7) is 0. The lowest BCUT2D eigenvalue weighted by Gasteiger charge is -2.22. The normalized spacial score (nSPS) is 16.9. The van der Waals surface area contributed by atoms with Crippen molar-refractivity contribution >= 4 is 11.6 Å². The van der Waals surface area contributed by atoms with Crippen LogP contribution in [-0.4, -0.2) is 9.55 Å². The Morgan fingerprint density at radius 2 is 1.81 bits per heavy atom. The fourth-order valence-corrected chi connectivity index (χ4v) is 3.44. The molecule has 3 heteroatoms. The van der Waals surface area contributed by atoms with Gasteiger partial charge in [-0.2, -0.15) is 0 Å². The Morgan fingerprint density at radius 1 is 1.00 bits per heavy atom. The van der Waals surface area contributed by atoms with Crippen LogP contribution in [0.25, 0.3) is 0 Å². The molecule has 0 amide bonds. The molecule has 1 heterocycles. The average molecular weight is 295 g/mol. The van der Waals surface area contributed by atoms with Crippen LogP contribution in [0.15, 0.2) is 61.2 Å². The maximum Gasteiger partial charge on any atom is 0.0954 e. The number of imidazole rings is 1. The molecule has 21 heavy (non-hydrogen) atoms. The van der Waals surface area contributed by atoms with E-state index in [2.05, 4.69) is 45.9 Å². The minimum atomic E-state index is 0.153. The minimum absolute atomic E-state index is 0.153. The summed E-state index contributed by atoms with van der Waals surface area (Å²) >= 11 is 6.26. The molecule has 0 fully saturated rings. The molecule has 4 rings (SSSR count). The van der Waals surface area contributed by atoms with E-state index >= 15 is 0 Å². The van der Waals surface area contributed by atoms with Crippen LogP contribution in [0.3, 0.4) is 0 Å². The summed E-state index contributed by atoms with van der Waals surface area (Å²) in [5, 5.41) is 0.790. The van der Waals surface area contributed by atoms with Crippen LogP contribution in [-0.2, 0) is 12.8 Å². The van der Waals surface area contributed by atoms with Gasteiger partial charge < -0.3 is 4.57 Å². The molecule has 1 aliphatic carbocycles. The first kappa shape index (κ1) is 12.7. The van der Waals surface area contributed by atoms with Crippen molar-refractivity contribution in [1.82, 2.24) is 9.55 Å². The summed E-state index contributed by atoms with van der Waals surface area (Å²) in [5.41, 5.74) is 5.40. The molecule has 1 aromatic heterocycles. The molecule has 0 bridgehead atoms. The number of aromatic nitrogens is 2. The molecule has 0 spiro atoms. The highest BCUT2D eigenvalue weighted by molar-refractivity contribution is 6.30. The summed E-state index contributed by atoms with van der Waals surface area (Å²) in [6.07, 6.45) is 7.86. The van der Waals surface area contributed by atoms with Gasteiger partial charge in [-0.3, -0.25) is 0 Å². The van der Waals surface area contributed by atoms with E-state index in [4.69, 9.17) is 11.6 Å². The van der Waals surface area contributed by atoms with Crippen molar-refractivity contribution in [3.05, 3.63) is 88.5 Å². The molecule has 1 aliphatic rings. The molecule has 3 aromatic rings. The number of fused-ring (bicyclic) bond motifs is 2. The van der Waals surface area contributed by atoms with Crippen LogP contribution in [0, 0.1) is 0 Å². The highest BCUT2D eigenvalue weighted by Crippen LogP contribution is 2.36. The number of hydrogen-bond acceptors (Lipinski definition) is 1. The first-order valence-electron chi connectivity index (χ1n) is 7.16. The zero-order chi connectivity index (χ0) is 14.2. The van der Waals surface area contributed by atoms with Crippen LogP contribution in [0.2, 0.25) is 5.02 Å². The van der Waals surface area contributed by atoms with Gasteiger partial charge in [-0.05, 0) is 47.2 Å². The SMILES string of the molecule is Clc1ccc2c(c1)C(n1ccnc1)c1ccccc1CC2. The van der Waals surface area contributed by atoms with Gasteiger partial charge in [0, 0.05) is 17.4 Å². The summed E-state index contributed by atoms with van der Waals surface area (Å²) in [6, 6.07) is 15.1. The minimum Gasteiger partial charge on any atom is -0.326 e. The van der Waals surface area contributed by atoms with Gasteiger partial charge in [-0.25, -0.2) is 4.98 Å². The Bertz CT molecular complexity index is 778. The number of rotatable bonds is 1. The molecule has 0 saturated heterocycles. The second-order valence-corrected chi connectivity index (χ2v) is 5.89. The molecule has 104 valence electrons. The summed E-state index contributed by atoms with van der Waals surface area (Å²) in [5.74, 6) is 0. The Kier molecular flexibility index (Phi) is 3.04. The summed E-state index contributed by atoms with van der Waals surface area (Å²) in [4.78, 5) is 4.23. The van der Waals surface area contributed by atoms with E-state index in [1.165, 1.54) is 22.3 Å². The molecular weight excluding hydrogens is 280 g/mol. The predicted molar refractivity (Wildman–Crippen MR) is 84.8 cm³/mol. The van der Waals surface area contributed by atoms with E-state index in [0.29, 0.717) is 0 Å². The molecular formula is C18H15ClN2. The topological polar surface area (TPSA) is 17.8 Å². The quantitative estimate of drug-likeness (QED) is 0.655. The van der Waals surface area contributed by atoms with Crippen molar-refractivity contribution in [3.8, 4) is 0 Å². The van der Waals surface area contributed by atoms with E-state index in [1.807, 2.05) is 24.8 Å². The molecule has 0 N–H and O–H groups in total. The standard InChI is InChI=1S/C18H15ClN2/c19-15-8-7-14-6-5-13-3-1-2-4-16(13)18(17(14)11-15)21-10-9-20-12-21/h1-4,7-12,18H,5-6H2. The van der Waals surface area contributed by atoms with E-state index < -0.39 is 0 Å². The fraction of sp³-hybridized carbons (Fsp3) is 0.167. The zero-order valence-corrected chi connectivity index (χ0v) is 12.3. The number of halogens is 1. The predicted octanol–water partition coefficient (Wildman–Crippen LogP) is 4.27. The van der Waals surface area contributed by atoms with Gasteiger partial charge in [-0.1, -0.05) is 41.9 Å². The Morgan fingerprint density at radius 3 is 2.62 bits per heavy atom. The van der Waals surface area contributed by atoms with Crippen LogP contribution in [0.1, 0.15) is 28.3 Å². The number of benzene rings is 2. The summed E-state index contributed by atoms with van der Waals surface area (Å²) in [7, 11) is 0. The molecule has 2 nitrogen and oxygen atoms in total. The second kappa shape index (κ2) is 5.05. The fourth-order valence-electron chi connectivity index (χ4n) is 3.26. The van der Waals surface area contributed by atoms with Gasteiger partial charge in [0.25, 0.3) is 0 Å². The smallest absolute Gasteiger partial charge is 0.0954 e. The Hall–Kier alpha value is -2.06. The van der Waals surface area contributed by atoms with Crippen molar-refractivity contribution in [2.75, 3.05) is 0 Å². The second-order valence-electron chi connectivity index (χ2n) is 5.45. The molecule has 0 aliphatic heterocycles. The van der Waals surface area contributed by atoms with Crippen LogP contribution >= 0.6 is 11.6 Å². The van der Waals surface area contributed by atoms with Gasteiger partial charge >= 0.3 is 0 Å². The molecule has 1 unspecified atom stereocenters. The van der Waals surface area contributed by atoms with Gasteiger partial charge in [0.2, 0.25) is 0 Å². The third-order valence-corrected chi connectivity index (χ3v) is 4.47. The van der Waals surface area contributed by atoms with Crippen molar-refractivity contribution < 1.29 is 0 Å². The first-order chi connectivity index (χ1) is 10.3. The number of hydrogen-bond donors (Lipinski definition) is 0. The third-order valence-electron chi connectivity index (χ3n) is 4.24. The van der Waals surface area contributed by atoms with E-state index in [9.17, 15) is 0 Å². The zero-order valence-electron chi connectivity index (χ0n) is 11.5. The van der Waals surface area contributed by atoms with Crippen molar-refractivity contribution in [1.29, 1.82) is 0 Å². The van der Waals surface area contributed by atoms with E-state index in [1.54, 1.807) is 0 Å². The third kappa shape index (κ3) is 2.16. The molecule has 1 atom stereocenters. The maximum atomic E-state index is 6.26. The van der Waals surface area contributed by atoms with Gasteiger partial charge in [0.05, 0.1) is 12.4 Å². The van der Waals surface area contributed by atoms with E-state index in [-0.39, 0.29) is 6.04 Å². The molecule has 0 saturated carbocycles. The summed E-state index contributed by atoms with van der Waals surface area (Å²) < 4.78 is 2.17. The highest BCUT2D eigenvalue weighted by atomic mass is 35.5. The molecule has 2 aromatic carbocycles. The largest absolute Gasteiger partial charge is 0.326 e. The lowest BCUT2D eigenvalue weighted by atomic mass is 9.94. The average Bonchev–Trinajstić information content (AvgIpc) is 2.97. The molecule has 0 radical (unpaired) electrons. The lowest BCUT2D eigenvalue weighted by molar-refractivity contribution is 0.673.